The van der Waals surface area contributed by atoms with Gasteiger partial charge in [-0.05, 0) is 64.2 Å². The minimum atomic E-state index is -0.820. The van der Waals surface area contributed by atoms with Crippen LogP contribution in [0, 0.1) is 0 Å². The number of hydrogen-bond acceptors (Lipinski definition) is 5. The molecule has 0 rings (SSSR count). The lowest BCUT2D eigenvalue weighted by atomic mass is 10.0. The van der Waals surface area contributed by atoms with Crippen LogP contribution in [0.1, 0.15) is 213 Å². The number of unbranched alkanes of at least 4 members (excludes halogenated alkanes) is 21. The monoisotopic (exact) mass is 900 g/mol. The predicted octanol–water partition coefficient (Wildman–Crippen LogP) is 16.1. The van der Waals surface area contributed by atoms with Crippen LogP contribution in [0.2, 0.25) is 0 Å². The molecule has 1 amide bonds. The summed E-state index contributed by atoms with van der Waals surface area (Å²) in [6.07, 6.45) is 71.1. The molecule has 3 unspecified atom stereocenters. The van der Waals surface area contributed by atoms with Crippen LogP contribution < -0.4 is 5.32 Å². The normalized spacial score (nSPS) is 14.2. The van der Waals surface area contributed by atoms with E-state index < -0.39 is 18.2 Å². The third-order valence-electron chi connectivity index (χ3n) is 11.3. The van der Waals surface area contributed by atoms with Crippen molar-refractivity contribution in [1.29, 1.82) is 0 Å². The SMILES string of the molecule is CC\C=C/C=C/C=C/C=C\C=C\C=C\CCCC(CC(=O)NC(CO)C(O)CCCCCCCCCCCCCCC)OC(=O)CCCCCCC/C=C/C=C/C=C/C=C/CCCCC. The molecule has 0 saturated heterocycles. The molecule has 3 atom stereocenters. The van der Waals surface area contributed by atoms with Gasteiger partial charge in [-0.2, -0.15) is 0 Å². The maximum Gasteiger partial charge on any atom is 0.306 e. The number of esters is 1. The Morgan fingerprint density at radius 3 is 1.32 bits per heavy atom. The zero-order valence-electron chi connectivity index (χ0n) is 41.8. The minimum Gasteiger partial charge on any atom is -0.462 e. The summed E-state index contributed by atoms with van der Waals surface area (Å²) in [5.41, 5.74) is 0. The van der Waals surface area contributed by atoms with Crippen molar-refractivity contribution in [3.63, 3.8) is 0 Å². The van der Waals surface area contributed by atoms with Crippen molar-refractivity contribution in [2.75, 3.05) is 6.61 Å². The number of aliphatic hydroxyl groups excluding tert-OH is 2. The predicted molar refractivity (Wildman–Crippen MR) is 282 cm³/mol. The van der Waals surface area contributed by atoms with Crippen LogP contribution in [0.4, 0.5) is 0 Å². The van der Waals surface area contributed by atoms with Crippen LogP contribution in [0.15, 0.2) is 122 Å². The quantitative estimate of drug-likeness (QED) is 0.0321. The minimum absolute atomic E-state index is 0.00881. The molecule has 65 heavy (non-hydrogen) atoms. The van der Waals surface area contributed by atoms with Gasteiger partial charge < -0.3 is 20.3 Å². The average molecular weight is 900 g/mol. The molecule has 6 nitrogen and oxygen atoms in total. The lowest BCUT2D eigenvalue weighted by Gasteiger charge is -2.24. The molecule has 0 aromatic carbocycles. The molecule has 0 heterocycles. The van der Waals surface area contributed by atoms with Crippen molar-refractivity contribution < 1.29 is 24.5 Å². The summed E-state index contributed by atoms with van der Waals surface area (Å²) in [7, 11) is 0. The van der Waals surface area contributed by atoms with Crippen molar-refractivity contribution >= 4 is 11.9 Å². The van der Waals surface area contributed by atoms with E-state index in [2.05, 4.69) is 86.8 Å². The third-order valence-corrected chi connectivity index (χ3v) is 11.3. The Morgan fingerprint density at radius 1 is 0.462 bits per heavy atom. The summed E-state index contributed by atoms with van der Waals surface area (Å²) in [5.74, 6) is -0.586. The number of ether oxygens (including phenoxy) is 1. The molecule has 0 aromatic heterocycles. The van der Waals surface area contributed by atoms with Crippen molar-refractivity contribution in [3.8, 4) is 0 Å². The largest absolute Gasteiger partial charge is 0.462 e. The second-order valence-corrected chi connectivity index (χ2v) is 17.4. The average Bonchev–Trinajstić information content (AvgIpc) is 3.30. The van der Waals surface area contributed by atoms with Crippen LogP contribution in [0.5, 0.6) is 0 Å². The number of carbonyl (C=O) groups excluding carboxylic acids is 2. The second-order valence-electron chi connectivity index (χ2n) is 17.4. The molecule has 0 fully saturated rings. The fourth-order valence-electron chi connectivity index (χ4n) is 7.30. The molecule has 0 radical (unpaired) electrons. The number of hydrogen-bond donors (Lipinski definition) is 3. The van der Waals surface area contributed by atoms with Crippen LogP contribution >= 0.6 is 0 Å². The Bertz CT molecular complexity index is 1380. The highest BCUT2D eigenvalue weighted by Gasteiger charge is 2.24. The molecular weight excluding hydrogens is 803 g/mol. The number of rotatable bonds is 45. The summed E-state index contributed by atoms with van der Waals surface area (Å²) >= 11 is 0. The molecule has 0 aliphatic carbocycles. The van der Waals surface area contributed by atoms with Crippen LogP contribution in [0.3, 0.4) is 0 Å². The van der Waals surface area contributed by atoms with Gasteiger partial charge in [-0.3, -0.25) is 9.59 Å². The Balaban J connectivity index is 4.79. The summed E-state index contributed by atoms with van der Waals surface area (Å²) in [4.78, 5) is 26.2. The lowest BCUT2D eigenvalue weighted by molar-refractivity contribution is -0.151. The molecule has 0 aliphatic rings. The summed E-state index contributed by atoms with van der Waals surface area (Å²) < 4.78 is 5.89. The standard InChI is InChI=1S/C59H97NO5/c1-4-7-10-13-16-19-22-25-27-28-29-31-34-37-40-43-46-49-52-59(64)65-55(50-47-44-41-38-35-33-30-26-23-20-17-14-11-8-5-2)53-58(63)60-56(54-61)57(62)51-48-45-42-39-36-32-24-21-18-15-12-9-6-3/h8,11,14,16-17,19-20,22-23,25-31,33,35,38,41,55-57,61-62H,4-7,9-10,12-13,15,18,21,24,32,34,36-37,39-40,42-54H2,1-3H3,(H,60,63)/b11-8-,17-14+,19-16+,23-20+,25-22+,28-27+,30-26-,31-29+,35-33+,41-38+. The Labute approximate surface area is 400 Å². The molecule has 0 saturated carbocycles. The van der Waals surface area contributed by atoms with E-state index in [1.807, 2.05) is 60.8 Å². The zero-order valence-corrected chi connectivity index (χ0v) is 41.8. The van der Waals surface area contributed by atoms with Gasteiger partial charge in [0.2, 0.25) is 5.91 Å². The number of nitrogens with one attached hydrogen (secondary N) is 1. The molecule has 0 bridgehead atoms. The molecule has 6 heteroatoms. The van der Waals surface area contributed by atoms with Gasteiger partial charge in [0.15, 0.2) is 0 Å². The van der Waals surface area contributed by atoms with Gasteiger partial charge in [0.25, 0.3) is 0 Å². The van der Waals surface area contributed by atoms with Gasteiger partial charge in [0, 0.05) is 6.42 Å². The van der Waals surface area contributed by atoms with E-state index in [1.54, 1.807) is 0 Å². The highest BCUT2D eigenvalue weighted by molar-refractivity contribution is 5.77. The van der Waals surface area contributed by atoms with Crippen LogP contribution in [-0.2, 0) is 14.3 Å². The number of aliphatic hydroxyl groups is 2. The highest BCUT2D eigenvalue weighted by Crippen LogP contribution is 2.16. The Hall–Kier alpha value is -3.74. The summed E-state index contributed by atoms with van der Waals surface area (Å²) in [6, 6.07) is -0.740. The van der Waals surface area contributed by atoms with E-state index in [0.717, 1.165) is 83.5 Å². The topological polar surface area (TPSA) is 95.9 Å². The maximum atomic E-state index is 13.2. The van der Waals surface area contributed by atoms with Crippen LogP contribution in [-0.4, -0.2) is 46.9 Å². The van der Waals surface area contributed by atoms with Crippen LogP contribution in [0.25, 0.3) is 0 Å². The summed E-state index contributed by atoms with van der Waals surface area (Å²) in [5, 5.41) is 23.8. The first kappa shape index (κ1) is 61.3. The first-order valence-electron chi connectivity index (χ1n) is 26.4. The van der Waals surface area contributed by atoms with Gasteiger partial charge in [0.1, 0.15) is 6.10 Å². The first-order valence-corrected chi connectivity index (χ1v) is 26.4. The fraction of sp³-hybridized carbons (Fsp3) is 0.627. The maximum absolute atomic E-state index is 13.2. The fourth-order valence-corrected chi connectivity index (χ4v) is 7.30. The molecule has 0 aliphatic heterocycles. The van der Waals surface area contributed by atoms with Gasteiger partial charge in [0.05, 0.1) is 25.2 Å². The van der Waals surface area contributed by atoms with Gasteiger partial charge in [-0.1, -0.05) is 258 Å². The first-order chi connectivity index (χ1) is 32.0. The molecule has 0 spiro atoms. The summed E-state index contributed by atoms with van der Waals surface area (Å²) in [6.45, 7) is 6.26. The van der Waals surface area contributed by atoms with E-state index in [9.17, 15) is 19.8 Å². The number of allylic oxidation sites excluding steroid dienone is 20. The Kier molecular flexibility index (Phi) is 48.3. The van der Waals surface area contributed by atoms with Gasteiger partial charge in [-0.25, -0.2) is 0 Å². The second kappa shape index (κ2) is 51.2. The van der Waals surface area contributed by atoms with E-state index in [1.165, 1.54) is 83.5 Å². The van der Waals surface area contributed by atoms with Gasteiger partial charge >= 0.3 is 5.97 Å². The molecular formula is C59H97NO5. The Morgan fingerprint density at radius 2 is 0.846 bits per heavy atom. The van der Waals surface area contributed by atoms with Crippen molar-refractivity contribution in [3.05, 3.63) is 122 Å². The number of amides is 1. The molecule has 368 valence electrons. The molecule has 3 N–H and O–H groups in total. The third kappa shape index (κ3) is 46.6. The van der Waals surface area contributed by atoms with E-state index >= 15 is 0 Å². The smallest absolute Gasteiger partial charge is 0.306 e. The lowest BCUT2D eigenvalue weighted by Crippen LogP contribution is -2.46. The van der Waals surface area contributed by atoms with E-state index in [0.29, 0.717) is 19.3 Å². The van der Waals surface area contributed by atoms with E-state index in [-0.39, 0.29) is 24.9 Å². The van der Waals surface area contributed by atoms with E-state index in [4.69, 9.17) is 4.74 Å². The van der Waals surface area contributed by atoms with Crippen molar-refractivity contribution in [1.82, 2.24) is 5.32 Å². The molecule has 0 aromatic rings. The zero-order chi connectivity index (χ0) is 47.4. The van der Waals surface area contributed by atoms with Crippen molar-refractivity contribution in [2.24, 2.45) is 0 Å². The number of carbonyl (C=O) groups is 2. The highest BCUT2D eigenvalue weighted by atomic mass is 16.5. The van der Waals surface area contributed by atoms with Gasteiger partial charge in [-0.15, -0.1) is 0 Å². The van der Waals surface area contributed by atoms with Crippen molar-refractivity contribution in [2.45, 2.75) is 232 Å².